The molecule has 0 atom stereocenters. The van der Waals surface area contributed by atoms with E-state index in [1.54, 1.807) is 43.3 Å². The van der Waals surface area contributed by atoms with E-state index in [1.165, 1.54) is 12.3 Å². The minimum atomic E-state index is -3.68. The Balaban J connectivity index is 2.34. The minimum absolute atomic E-state index is 0.201. The molecule has 5 heteroatoms. The lowest BCUT2D eigenvalue weighted by Crippen LogP contribution is -2.06. The lowest BCUT2D eigenvalue weighted by Gasteiger charge is -2.02. The molecule has 1 aromatic heterocycles. The molecule has 1 heterocycles. The van der Waals surface area contributed by atoms with Crippen LogP contribution in [0.3, 0.4) is 0 Å². The molecule has 0 saturated carbocycles. The van der Waals surface area contributed by atoms with Gasteiger partial charge in [-0.05, 0) is 24.1 Å². The van der Waals surface area contributed by atoms with Gasteiger partial charge in [0.2, 0.25) is 0 Å². The smallest absolute Gasteiger partial charge is 0.192 e. The van der Waals surface area contributed by atoms with E-state index in [1.807, 2.05) is 6.07 Å². The normalized spacial score (nSPS) is 12.1. The summed E-state index contributed by atoms with van der Waals surface area (Å²) in [7, 11) is -3.68. The SMILES string of the molecule is Cc1ccoc1/C=C(\C#N)S(=O)(=O)Cc1ccccc1. The summed E-state index contributed by atoms with van der Waals surface area (Å²) in [6, 6.07) is 12.2. The van der Waals surface area contributed by atoms with Crippen molar-refractivity contribution < 1.29 is 12.8 Å². The van der Waals surface area contributed by atoms with Gasteiger partial charge in [0.05, 0.1) is 12.0 Å². The van der Waals surface area contributed by atoms with Crippen molar-refractivity contribution in [2.24, 2.45) is 0 Å². The summed E-state index contributed by atoms with van der Waals surface area (Å²) in [5, 5.41) is 9.09. The first kappa shape index (κ1) is 14.1. The molecule has 0 spiro atoms. The monoisotopic (exact) mass is 287 g/mol. The highest BCUT2D eigenvalue weighted by atomic mass is 32.2. The maximum Gasteiger partial charge on any atom is 0.192 e. The Kier molecular flexibility index (Phi) is 4.06. The Morgan fingerprint density at radius 3 is 2.55 bits per heavy atom. The molecule has 0 saturated heterocycles. The number of furan rings is 1. The number of nitrogens with zero attached hydrogens (tertiary/aromatic N) is 1. The fraction of sp³-hybridized carbons (Fsp3) is 0.133. The Morgan fingerprint density at radius 1 is 1.30 bits per heavy atom. The third kappa shape index (κ3) is 3.16. The first-order chi connectivity index (χ1) is 9.53. The summed E-state index contributed by atoms with van der Waals surface area (Å²) in [4.78, 5) is -0.292. The van der Waals surface area contributed by atoms with Crippen LogP contribution >= 0.6 is 0 Å². The molecule has 4 nitrogen and oxygen atoms in total. The molecule has 102 valence electrons. The minimum Gasteiger partial charge on any atom is -0.465 e. The summed E-state index contributed by atoms with van der Waals surface area (Å²) in [5.41, 5.74) is 1.43. The third-order valence-electron chi connectivity index (χ3n) is 2.81. The van der Waals surface area contributed by atoms with E-state index in [2.05, 4.69) is 0 Å². The summed E-state index contributed by atoms with van der Waals surface area (Å²) in [6.07, 6.45) is 2.73. The lowest BCUT2D eigenvalue weighted by molar-refractivity contribution is 0.554. The largest absolute Gasteiger partial charge is 0.465 e. The van der Waals surface area contributed by atoms with E-state index >= 15 is 0 Å². The maximum atomic E-state index is 12.2. The molecule has 0 fully saturated rings. The quantitative estimate of drug-likeness (QED) is 0.810. The van der Waals surface area contributed by atoms with Crippen molar-refractivity contribution in [3.63, 3.8) is 0 Å². The number of benzene rings is 1. The van der Waals surface area contributed by atoms with Crippen molar-refractivity contribution in [2.75, 3.05) is 0 Å². The molecular weight excluding hydrogens is 274 g/mol. The maximum absolute atomic E-state index is 12.2. The van der Waals surface area contributed by atoms with Crippen LogP contribution < -0.4 is 0 Å². The van der Waals surface area contributed by atoms with Crippen LogP contribution in [0.15, 0.2) is 52.0 Å². The van der Waals surface area contributed by atoms with Gasteiger partial charge in [0, 0.05) is 6.08 Å². The zero-order valence-electron chi connectivity index (χ0n) is 10.9. The fourth-order valence-electron chi connectivity index (χ4n) is 1.71. The van der Waals surface area contributed by atoms with Crippen LogP contribution in [0, 0.1) is 18.3 Å². The molecule has 0 bridgehead atoms. The topological polar surface area (TPSA) is 71.1 Å². The molecule has 2 aromatic rings. The highest BCUT2D eigenvalue weighted by molar-refractivity contribution is 7.95. The number of aryl methyl sites for hydroxylation is 1. The van der Waals surface area contributed by atoms with Gasteiger partial charge in [-0.25, -0.2) is 8.42 Å². The van der Waals surface area contributed by atoms with Gasteiger partial charge in [-0.3, -0.25) is 0 Å². The van der Waals surface area contributed by atoms with Gasteiger partial charge in [0.15, 0.2) is 9.84 Å². The van der Waals surface area contributed by atoms with Crippen LogP contribution in [0.4, 0.5) is 0 Å². The second-order valence-electron chi connectivity index (χ2n) is 4.33. The standard InChI is InChI=1S/C15H13NO3S/c1-12-7-8-19-15(12)9-14(10-16)20(17,18)11-13-5-3-2-4-6-13/h2-9H,11H2,1H3/b14-9+. The van der Waals surface area contributed by atoms with E-state index in [0.717, 1.165) is 5.56 Å². The van der Waals surface area contributed by atoms with Crippen molar-refractivity contribution in [3.8, 4) is 6.07 Å². The van der Waals surface area contributed by atoms with E-state index in [0.29, 0.717) is 11.3 Å². The molecule has 0 aliphatic rings. The summed E-state index contributed by atoms with van der Waals surface area (Å²) in [6.45, 7) is 1.79. The number of nitriles is 1. The van der Waals surface area contributed by atoms with Crippen molar-refractivity contribution in [3.05, 3.63) is 64.5 Å². The van der Waals surface area contributed by atoms with Crippen molar-refractivity contribution in [1.82, 2.24) is 0 Å². The summed E-state index contributed by atoms with van der Waals surface area (Å²) < 4.78 is 29.6. The van der Waals surface area contributed by atoms with E-state index < -0.39 is 9.84 Å². The number of rotatable bonds is 4. The van der Waals surface area contributed by atoms with Crippen LogP contribution in [0.2, 0.25) is 0 Å². The van der Waals surface area contributed by atoms with Crippen LogP contribution in [-0.2, 0) is 15.6 Å². The highest BCUT2D eigenvalue weighted by Crippen LogP contribution is 2.19. The molecule has 20 heavy (non-hydrogen) atoms. The van der Waals surface area contributed by atoms with Crippen molar-refractivity contribution in [1.29, 1.82) is 5.26 Å². The van der Waals surface area contributed by atoms with Crippen molar-refractivity contribution >= 4 is 15.9 Å². The third-order valence-corrected chi connectivity index (χ3v) is 4.40. The van der Waals surface area contributed by atoms with E-state index in [4.69, 9.17) is 9.68 Å². The zero-order valence-corrected chi connectivity index (χ0v) is 11.7. The number of hydrogen-bond acceptors (Lipinski definition) is 4. The predicted molar refractivity (Wildman–Crippen MR) is 76.1 cm³/mol. The summed E-state index contributed by atoms with van der Waals surface area (Å²) >= 11 is 0. The Labute approximate surface area is 117 Å². The fourth-order valence-corrected chi connectivity index (χ4v) is 2.93. The molecule has 0 aliphatic carbocycles. The number of hydrogen-bond donors (Lipinski definition) is 0. The van der Waals surface area contributed by atoms with Crippen molar-refractivity contribution in [2.45, 2.75) is 12.7 Å². The highest BCUT2D eigenvalue weighted by Gasteiger charge is 2.19. The number of sulfone groups is 1. The van der Waals surface area contributed by atoms with E-state index in [9.17, 15) is 8.42 Å². The van der Waals surface area contributed by atoms with Crippen LogP contribution in [0.25, 0.3) is 6.08 Å². The molecule has 0 unspecified atom stereocenters. The van der Waals surface area contributed by atoms with Gasteiger partial charge < -0.3 is 4.42 Å². The van der Waals surface area contributed by atoms with Gasteiger partial charge in [0.25, 0.3) is 0 Å². The Bertz CT molecular complexity index is 765. The Morgan fingerprint density at radius 2 is 2.00 bits per heavy atom. The summed E-state index contributed by atoms with van der Waals surface area (Å²) in [5.74, 6) is 0.186. The first-order valence-corrected chi connectivity index (χ1v) is 7.61. The second-order valence-corrected chi connectivity index (χ2v) is 6.29. The zero-order chi connectivity index (χ0) is 14.6. The molecule has 0 aliphatic heterocycles. The van der Waals surface area contributed by atoms with Crippen LogP contribution in [0.5, 0.6) is 0 Å². The van der Waals surface area contributed by atoms with Crippen LogP contribution in [-0.4, -0.2) is 8.42 Å². The second kappa shape index (κ2) is 5.76. The first-order valence-electron chi connectivity index (χ1n) is 5.95. The number of allylic oxidation sites excluding steroid dienone is 1. The Hall–Kier alpha value is -2.32. The average Bonchev–Trinajstić information content (AvgIpc) is 2.82. The average molecular weight is 287 g/mol. The van der Waals surface area contributed by atoms with Gasteiger partial charge in [0.1, 0.15) is 16.7 Å². The van der Waals surface area contributed by atoms with Crippen LogP contribution in [0.1, 0.15) is 16.9 Å². The van der Waals surface area contributed by atoms with E-state index in [-0.39, 0.29) is 10.7 Å². The van der Waals surface area contributed by atoms with Gasteiger partial charge in [-0.15, -0.1) is 0 Å². The van der Waals surface area contributed by atoms with Gasteiger partial charge in [-0.2, -0.15) is 5.26 Å². The van der Waals surface area contributed by atoms with Gasteiger partial charge >= 0.3 is 0 Å². The molecule has 1 aromatic carbocycles. The molecule has 0 N–H and O–H groups in total. The van der Waals surface area contributed by atoms with Gasteiger partial charge in [-0.1, -0.05) is 30.3 Å². The molecule has 0 radical (unpaired) electrons. The molecule has 0 amide bonds. The predicted octanol–water partition coefficient (Wildman–Crippen LogP) is 3.07. The molecule has 2 rings (SSSR count). The lowest BCUT2D eigenvalue weighted by atomic mass is 10.2. The molecular formula is C15H13NO3S.